The van der Waals surface area contributed by atoms with Crippen LogP contribution in [0.4, 0.5) is 13.6 Å². The Labute approximate surface area is 145 Å². The number of hydrogen-bond donors (Lipinski definition) is 0. The van der Waals surface area contributed by atoms with Crippen LogP contribution >= 0.6 is 0 Å². The highest BCUT2D eigenvalue weighted by Crippen LogP contribution is 2.62. The summed E-state index contributed by atoms with van der Waals surface area (Å²) in [4.78, 5) is 13.8. The summed E-state index contributed by atoms with van der Waals surface area (Å²) in [5, 5.41) is -0.00613. The highest BCUT2D eigenvalue weighted by molar-refractivity contribution is 6.74. The van der Waals surface area contributed by atoms with E-state index in [1.165, 1.54) is 4.90 Å². The third-order valence-corrected chi connectivity index (χ3v) is 10.0. The maximum absolute atomic E-state index is 13.9. The first-order valence-corrected chi connectivity index (χ1v) is 11.5. The van der Waals surface area contributed by atoms with Gasteiger partial charge in [0.05, 0.1) is 24.5 Å². The summed E-state index contributed by atoms with van der Waals surface area (Å²) in [6.45, 7) is 16.0. The smallest absolute Gasteiger partial charge is 0.410 e. The number of fused-ring (bicyclic) bond motifs is 1. The van der Waals surface area contributed by atoms with E-state index in [-0.39, 0.29) is 18.2 Å². The topological polar surface area (TPSA) is 38.8 Å². The Morgan fingerprint density at radius 3 is 2.21 bits per heavy atom. The molecule has 0 radical (unpaired) electrons. The Balaban J connectivity index is 2.09. The first kappa shape index (κ1) is 19.6. The zero-order valence-electron chi connectivity index (χ0n) is 16.1. The largest absolute Gasteiger partial charge is 0.444 e. The number of ether oxygens (including phenoxy) is 1. The third-order valence-electron chi connectivity index (χ3n) is 5.52. The van der Waals surface area contributed by atoms with Gasteiger partial charge >= 0.3 is 6.09 Å². The van der Waals surface area contributed by atoms with Crippen LogP contribution in [0.1, 0.15) is 41.5 Å². The lowest BCUT2D eigenvalue weighted by molar-refractivity contribution is -0.0104. The van der Waals surface area contributed by atoms with E-state index in [9.17, 15) is 13.6 Å². The monoisotopic (exact) mass is 363 g/mol. The first-order valence-electron chi connectivity index (χ1n) is 8.59. The minimum Gasteiger partial charge on any atom is -0.444 e. The number of piperidine rings is 1. The standard InChI is InChI=1S/C17H31F2NO3Si/c1-15(2,3)23-14(21)20-9-11-13(17(11,18)19)12(20)10-22-24(7,8)16(4,5)6/h11-13H,9-10H2,1-8H3/t11?,12-,13?/m0/s1. The number of rotatable bonds is 3. The zero-order chi connectivity index (χ0) is 18.7. The van der Waals surface area contributed by atoms with Crippen molar-refractivity contribution in [2.75, 3.05) is 13.2 Å². The van der Waals surface area contributed by atoms with E-state index in [1.807, 2.05) is 0 Å². The molecule has 0 aromatic carbocycles. The van der Waals surface area contributed by atoms with Gasteiger partial charge in [0.25, 0.3) is 5.92 Å². The lowest BCUT2D eigenvalue weighted by Gasteiger charge is -2.38. The average Bonchev–Trinajstić information content (AvgIpc) is 2.73. The van der Waals surface area contributed by atoms with Crippen LogP contribution in [0.15, 0.2) is 0 Å². The van der Waals surface area contributed by atoms with Crippen molar-refractivity contribution >= 4 is 14.4 Å². The van der Waals surface area contributed by atoms with E-state index in [4.69, 9.17) is 9.16 Å². The highest BCUT2D eigenvalue weighted by atomic mass is 28.4. The molecule has 140 valence electrons. The molecular weight excluding hydrogens is 332 g/mol. The van der Waals surface area contributed by atoms with E-state index in [2.05, 4.69) is 33.9 Å². The molecule has 1 saturated carbocycles. The van der Waals surface area contributed by atoms with E-state index in [0.717, 1.165) is 0 Å². The Kier molecular flexibility index (Phi) is 4.63. The number of hydrogen-bond acceptors (Lipinski definition) is 3. The van der Waals surface area contributed by atoms with Crippen LogP contribution in [0, 0.1) is 11.8 Å². The molecule has 0 aromatic rings. The Morgan fingerprint density at radius 2 is 1.75 bits per heavy atom. The normalized spacial score (nSPS) is 29.4. The zero-order valence-corrected chi connectivity index (χ0v) is 17.1. The second-order valence-corrected chi connectivity index (χ2v) is 14.4. The van der Waals surface area contributed by atoms with Crippen LogP contribution in [-0.2, 0) is 9.16 Å². The van der Waals surface area contributed by atoms with Crippen molar-refractivity contribution in [1.29, 1.82) is 0 Å². The molecule has 1 aliphatic carbocycles. The van der Waals surface area contributed by atoms with Crippen molar-refractivity contribution in [2.45, 2.75) is 77.2 Å². The van der Waals surface area contributed by atoms with Gasteiger partial charge in [0, 0.05) is 6.54 Å². The summed E-state index contributed by atoms with van der Waals surface area (Å²) in [6, 6.07) is -0.603. The maximum atomic E-state index is 13.9. The molecule has 2 fully saturated rings. The summed E-state index contributed by atoms with van der Waals surface area (Å²) >= 11 is 0. The minimum atomic E-state index is -2.68. The number of carbonyl (C=O) groups is 1. The molecule has 24 heavy (non-hydrogen) atoms. The Bertz CT molecular complexity index is 511. The van der Waals surface area contributed by atoms with Gasteiger partial charge in [0.1, 0.15) is 5.60 Å². The molecular formula is C17H31F2NO3Si. The fourth-order valence-corrected chi connectivity index (χ4v) is 3.97. The Morgan fingerprint density at radius 1 is 1.21 bits per heavy atom. The van der Waals surface area contributed by atoms with Crippen LogP contribution in [-0.4, -0.2) is 50.0 Å². The van der Waals surface area contributed by atoms with E-state index >= 15 is 0 Å². The number of amides is 1. The van der Waals surface area contributed by atoms with Gasteiger partial charge in [-0.25, -0.2) is 13.6 Å². The van der Waals surface area contributed by atoms with Crippen LogP contribution in [0.3, 0.4) is 0 Å². The van der Waals surface area contributed by atoms with Gasteiger partial charge in [0.2, 0.25) is 0 Å². The van der Waals surface area contributed by atoms with Gasteiger partial charge in [-0.2, -0.15) is 0 Å². The number of likely N-dealkylation sites (tertiary alicyclic amines) is 1. The molecule has 3 atom stereocenters. The average molecular weight is 364 g/mol. The van der Waals surface area contributed by atoms with Crippen LogP contribution in [0.25, 0.3) is 0 Å². The van der Waals surface area contributed by atoms with E-state index in [0.29, 0.717) is 0 Å². The quantitative estimate of drug-likeness (QED) is 0.693. The molecule has 0 spiro atoms. The molecule has 2 unspecified atom stereocenters. The minimum absolute atomic E-state index is 0.00613. The summed E-state index contributed by atoms with van der Waals surface area (Å²) in [5.74, 6) is -4.23. The van der Waals surface area contributed by atoms with Gasteiger partial charge in [-0.05, 0) is 38.9 Å². The van der Waals surface area contributed by atoms with Crippen LogP contribution < -0.4 is 0 Å². The summed E-state index contributed by atoms with van der Waals surface area (Å²) in [6.07, 6.45) is -0.519. The fourth-order valence-electron chi connectivity index (χ4n) is 2.95. The highest BCUT2D eigenvalue weighted by Gasteiger charge is 2.76. The SMILES string of the molecule is CC(C)(C)OC(=O)N1CC2C([C@@H]1CO[Si](C)(C)C(C)(C)C)C2(F)F. The summed E-state index contributed by atoms with van der Waals surface area (Å²) in [7, 11) is -2.06. The summed E-state index contributed by atoms with van der Waals surface area (Å²) in [5.41, 5.74) is -0.642. The first-order chi connectivity index (χ1) is 10.6. The molecule has 0 N–H and O–H groups in total. The molecule has 1 saturated heterocycles. The van der Waals surface area contributed by atoms with Crippen molar-refractivity contribution in [2.24, 2.45) is 11.8 Å². The molecule has 4 nitrogen and oxygen atoms in total. The lowest BCUT2D eigenvalue weighted by atomic mass is 10.2. The number of carbonyl (C=O) groups excluding carboxylic acids is 1. The van der Waals surface area contributed by atoms with Crippen molar-refractivity contribution in [3.05, 3.63) is 0 Å². The molecule has 0 aromatic heterocycles. The number of nitrogens with zero attached hydrogens (tertiary/aromatic N) is 1. The summed E-state index contributed by atoms with van der Waals surface area (Å²) < 4.78 is 39.3. The number of alkyl halides is 2. The van der Waals surface area contributed by atoms with E-state index < -0.39 is 43.8 Å². The third kappa shape index (κ3) is 3.61. The molecule has 0 bridgehead atoms. The van der Waals surface area contributed by atoms with Gasteiger partial charge in [-0.1, -0.05) is 20.8 Å². The van der Waals surface area contributed by atoms with Crippen molar-refractivity contribution in [3.8, 4) is 0 Å². The molecule has 1 amide bonds. The molecule has 1 heterocycles. The second kappa shape index (κ2) is 5.66. The predicted octanol–water partition coefficient (Wildman–Crippen LogP) is 4.51. The van der Waals surface area contributed by atoms with Gasteiger partial charge in [0.15, 0.2) is 8.32 Å². The number of halogens is 2. The molecule has 7 heteroatoms. The van der Waals surface area contributed by atoms with Gasteiger partial charge in [-0.3, -0.25) is 0 Å². The van der Waals surface area contributed by atoms with Crippen molar-refractivity contribution in [1.82, 2.24) is 4.90 Å². The Hall–Kier alpha value is -0.693. The van der Waals surface area contributed by atoms with E-state index in [1.54, 1.807) is 20.8 Å². The maximum Gasteiger partial charge on any atom is 0.410 e. The van der Waals surface area contributed by atoms with Crippen molar-refractivity contribution < 1.29 is 22.7 Å². The molecule has 2 aliphatic rings. The fraction of sp³-hybridized carbons (Fsp3) is 0.941. The lowest BCUT2D eigenvalue weighted by Crippen LogP contribution is -2.49. The second-order valence-electron chi connectivity index (χ2n) is 9.58. The molecule has 2 rings (SSSR count). The van der Waals surface area contributed by atoms with Gasteiger partial charge in [-0.15, -0.1) is 0 Å². The van der Waals surface area contributed by atoms with Crippen molar-refractivity contribution in [3.63, 3.8) is 0 Å². The molecule has 1 aliphatic heterocycles. The van der Waals surface area contributed by atoms with Crippen LogP contribution in [0.5, 0.6) is 0 Å². The van der Waals surface area contributed by atoms with Crippen LogP contribution in [0.2, 0.25) is 18.1 Å². The predicted molar refractivity (Wildman–Crippen MR) is 91.8 cm³/mol. The van der Waals surface area contributed by atoms with Gasteiger partial charge < -0.3 is 14.1 Å².